The maximum absolute atomic E-state index is 13.4. The third-order valence-electron chi connectivity index (χ3n) is 6.10. The SMILES string of the molecule is CCOc1cccc(C2C3=C(CCCC3=O)CC3=C2C(=O)c2ccccc23)c1. The van der Waals surface area contributed by atoms with Gasteiger partial charge in [-0.15, -0.1) is 0 Å². The first-order valence-electron chi connectivity index (χ1n) is 10.0. The lowest BCUT2D eigenvalue weighted by molar-refractivity contribution is -0.116. The highest BCUT2D eigenvalue weighted by Gasteiger charge is 2.43. The third-order valence-corrected chi connectivity index (χ3v) is 6.10. The molecule has 0 amide bonds. The fourth-order valence-electron chi connectivity index (χ4n) is 4.99. The Labute approximate surface area is 164 Å². The van der Waals surface area contributed by atoms with Crippen LogP contribution in [0.3, 0.4) is 0 Å². The maximum Gasteiger partial charge on any atom is 0.190 e. The number of ketones is 2. The van der Waals surface area contributed by atoms with Crippen molar-refractivity contribution in [3.05, 3.63) is 81.9 Å². The zero-order valence-electron chi connectivity index (χ0n) is 16.0. The highest BCUT2D eigenvalue weighted by atomic mass is 16.5. The highest BCUT2D eigenvalue weighted by molar-refractivity contribution is 6.23. The van der Waals surface area contributed by atoms with Crippen LogP contribution in [0.5, 0.6) is 5.75 Å². The molecule has 1 unspecified atom stereocenters. The first-order valence-corrected chi connectivity index (χ1v) is 10.0. The minimum Gasteiger partial charge on any atom is -0.494 e. The summed E-state index contributed by atoms with van der Waals surface area (Å²) < 4.78 is 5.70. The van der Waals surface area contributed by atoms with Gasteiger partial charge in [-0.3, -0.25) is 9.59 Å². The van der Waals surface area contributed by atoms with Gasteiger partial charge in [-0.2, -0.15) is 0 Å². The van der Waals surface area contributed by atoms with E-state index in [0.717, 1.165) is 58.4 Å². The average Bonchev–Trinajstić information content (AvgIpc) is 3.00. The minimum absolute atomic E-state index is 0.0716. The second-order valence-electron chi connectivity index (χ2n) is 7.68. The van der Waals surface area contributed by atoms with Gasteiger partial charge in [0.05, 0.1) is 6.61 Å². The van der Waals surface area contributed by atoms with E-state index < -0.39 is 0 Å². The molecule has 5 rings (SSSR count). The van der Waals surface area contributed by atoms with Gasteiger partial charge in [0.1, 0.15) is 5.75 Å². The van der Waals surface area contributed by atoms with E-state index in [2.05, 4.69) is 0 Å². The molecule has 0 radical (unpaired) electrons. The van der Waals surface area contributed by atoms with Crippen LogP contribution < -0.4 is 4.74 Å². The highest BCUT2D eigenvalue weighted by Crippen LogP contribution is 2.52. The number of hydrogen-bond acceptors (Lipinski definition) is 3. The van der Waals surface area contributed by atoms with E-state index in [0.29, 0.717) is 13.0 Å². The Kier molecular flexibility index (Phi) is 4.04. The number of carbonyl (C=O) groups excluding carboxylic acids is 2. The molecule has 3 nitrogen and oxygen atoms in total. The maximum atomic E-state index is 13.4. The summed E-state index contributed by atoms with van der Waals surface area (Å²) in [5.74, 6) is 0.763. The Morgan fingerprint density at radius 1 is 0.964 bits per heavy atom. The van der Waals surface area contributed by atoms with Gasteiger partial charge in [0.25, 0.3) is 0 Å². The van der Waals surface area contributed by atoms with Crippen LogP contribution in [0.1, 0.15) is 60.0 Å². The molecule has 0 aliphatic heterocycles. The Hall–Kier alpha value is -2.94. The van der Waals surface area contributed by atoms with Gasteiger partial charge in [-0.05, 0) is 55.0 Å². The Balaban J connectivity index is 1.72. The van der Waals surface area contributed by atoms with Crippen LogP contribution in [-0.4, -0.2) is 18.2 Å². The van der Waals surface area contributed by atoms with Crippen molar-refractivity contribution < 1.29 is 14.3 Å². The number of Topliss-reactive ketones (excluding diaryl/α,β-unsaturated/α-hetero) is 2. The van der Waals surface area contributed by atoms with E-state index in [9.17, 15) is 9.59 Å². The van der Waals surface area contributed by atoms with Crippen LogP contribution in [0.4, 0.5) is 0 Å². The molecule has 0 heterocycles. The van der Waals surface area contributed by atoms with Crippen LogP contribution in [0.2, 0.25) is 0 Å². The van der Waals surface area contributed by atoms with Crippen molar-refractivity contribution in [2.24, 2.45) is 0 Å². The Bertz CT molecular complexity index is 1070. The molecule has 2 aromatic rings. The molecule has 3 heteroatoms. The molecule has 140 valence electrons. The lowest BCUT2D eigenvalue weighted by atomic mass is 9.69. The van der Waals surface area contributed by atoms with E-state index in [1.807, 2.05) is 55.5 Å². The van der Waals surface area contributed by atoms with Crippen LogP contribution >= 0.6 is 0 Å². The molecular weight excluding hydrogens is 348 g/mol. The quantitative estimate of drug-likeness (QED) is 0.739. The Morgan fingerprint density at radius 3 is 2.61 bits per heavy atom. The van der Waals surface area contributed by atoms with Crippen molar-refractivity contribution in [3.63, 3.8) is 0 Å². The van der Waals surface area contributed by atoms with E-state index in [1.54, 1.807) is 0 Å². The molecular formula is C25H22O3. The Morgan fingerprint density at radius 2 is 1.79 bits per heavy atom. The molecule has 3 aliphatic carbocycles. The molecule has 0 saturated carbocycles. The smallest absolute Gasteiger partial charge is 0.190 e. The topological polar surface area (TPSA) is 43.4 Å². The van der Waals surface area contributed by atoms with Gasteiger partial charge in [0, 0.05) is 29.0 Å². The number of ether oxygens (including phenoxy) is 1. The standard InChI is InChI=1S/C25H22O3/c1-2-28-17-9-5-7-15(13-17)23-22-16(8-6-12-21(22)26)14-20-18-10-3-4-11-19(18)25(27)24(20)23/h3-5,7,9-11,13,23H,2,6,8,12,14H2,1H3. The van der Waals surface area contributed by atoms with Crippen LogP contribution in [-0.2, 0) is 4.79 Å². The second kappa shape index (κ2) is 6.59. The molecule has 0 spiro atoms. The fraction of sp³-hybridized carbons (Fsp3) is 0.280. The van der Waals surface area contributed by atoms with E-state index in [4.69, 9.17) is 4.74 Å². The van der Waals surface area contributed by atoms with Crippen LogP contribution in [0.25, 0.3) is 5.57 Å². The number of allylic oxidation sites excluding steroid dienone is 4. The summed E-state index contributed by atoms with van der Waals surface area (Å²) in [6, 6.07) is 15.7. The normalized spacial score (nSPS) is 20.8. The molecule has 28 heavy (non-hydrogen) atoms. The predicted octanol–water partition coefficient (Wildman–Crippen LogP) is 5.27. The summed E-state index contributed by atoms with van der Waals surface area (Å²) in [6.07, 6.45) is 3.14. The van der Waals surface area contributed by atoms with Crippen molar-refractivity contribution >= 4 is 17.1 Å². The molecule has 0 bridgehead atoms. The number of hydrogen-bond donors (Lipinski definition) is 0. The van der Waals surface area contributed by atoms with Gasteiger partial charge in [0.15, 0.2) is 11.6 Å². The van der Waals surface area contributed by atoms with Gasteiger partial charge < -0.3 is 4.74 Å². The first-order chi connectivity index (χ1) is 13.7. The largest absolute Gasteiger partial charge is 0.494 e. The minimum atomic E-state index is -0.285. The third kappa shape index (κ3) is 2.50. The average molecular weight is 370 g/mol. The number of benzene rings is 2. The van der Waals surface area contributed by atoms with Crippen LogP contribution in [0, 0.1) is 0 Å². The fourth-order valence-corrected chi connectivity index (χ4v) is 4.99. The molecule has 0 fully saturated rings. The van der Waals surface area contributed by atoms with Gasteiger partial charge in [-0.25, -0.2) is 0 Å². The summed E-state index contributed by atoms with van der Waals surface area (Å²) in [5, 5.41) is 0. The molecule has 3 aliphatic rings. The summed E-state index contributed by atoms with van der Waals surface area (Å²) in [6.45, 7) is 2.54. The van der Waals surface area contributed by atoms with Crippen LogP contribution in [0.15, 0.2) is 65.3 Å². The van der Waals surface area contributed by atoms with Crippen molar-refractivity contribution in [3.8, 4) is 5.75 Å². The lowest BCUT2D eigenvalue weighted by Crippen LogP contribution is -2.25. The summed E-state index contributed by atoms with van der Waals surface area (Å²) in [7, 11) is 0. The van der Waals surface area contributed by atoms with Crippen molar-refractivity contribution in [2.75, 3.05) is 6.61 Å². The number of rotatable bonds is 3. The second-order valence-corrected chi connectivity index (χ2v) is 7.68. The van der Waals surface area contributed by atoms with E-state index in [-0.39, 0.29) is 17.5 Å². The predicted molar refractivity (Wildman–Crippen MR) is 109 cm³/mol. The summed E-state index contributed by atoms with van der Waals surface area (Å²) >= 11 is 0. The first kappa shape index (κ1) is 17.2. The molecule has 0 N–H and O–H groups in total. The van der Waals surface area contributed by atoms with E-state index >= 15 is 0 Å². The lowest BCUT2D eigenvalue weighted by Gasteiger charge is -2.32. The zero-order valence-corrected chi connectivity index (χ0v) is 16.0. The number of fused-ring (bicyclic) bond motifs is 2. The summed E-state index contributed by atoms with van der Waals surface area (Å²) in [5.41, 5.74) is 6.77. The van der Waals surface area contributed by atoms with Crippen molar-refractivity contribution in [1.29, 1.82) is 0 Å². The summed E-state index contributed by atoms with van der Waals surface area (Å²) in [4.78, 5) is 26.4. The van der Waals surface area contributed by atoms with E-state index in [1.165, 1.54) is 5.57 Å². The molecule has 0 aromatic heterocycles. The molecule has 0 saturated heterocycles. The van der Waals surface area contributed by atoms with Crippen molar-refractivity contribution in [1.82, 2.24) is 0 Å². The van der Waals surface area contributed by atoms with Crippen molar-refractivity contribution in [2.45, 2.75) is 38.5 Å². The monoisotopic (exact) mass is 370 g/mol. The molecule has 1 atom stereocenters. The molecule has 2 aromatic carbocycles. The van der Waals surface area contributed by atoms with Gasteiger partial charge >= 0.3 is 0 Å². The van der Waals surface area contributed by atoms with Gasteiger partial charge in [-0.1, -0.05) is 42.0 Å². The van der Waals surface area contributed by atoms with Gasteiger partial charge in [0.2, 0.25) is 0 Å². The number of carbonyl (C=O) groups is 2. The zero-order chi connectivity index (χ0) is 19.3.